The Labute approximate surface area is 167 Å². The minimum Gasteiger partial charge on any atom is -0.311 e. The number of rotatable bonds is 4. The van der Waals surface area contributed by atoms with Crippen LogP contribution < -0.4 is 10.2 Å². The van der Waals surface area contributed by atoms with Crippen LogP contribution in [-0.2, 0) is 4.79 Å². The van der Waals surface area contributed by atoms with Crippen molar-refractivity contribution < 1.29 is 9.59 Å². The Morgan fingerprint density at radius 3 is 2.75 bits per heavy atom. The van der Waals surface area contributed by atoms with Crippen LogP contribution in [0, 0.1) is 13.8 Å². The van der Waals surface area contributed by atoms with Gasteiger partial charge in [0.25, 0.3) is 5.91 Å². The standard InChI is InChI=1S/C21H20N4O2S/c1-13-6-5-8-15(10-13)19(27)22-21-24-23-20(28-21)16-11-18(26)25(12-16)17-9-4-3-7-14(17)2/h3-10,16H,11-12H2,1-2H3,(H,22,24,27)/t16-/m1/s1. The van der Waals surface area contributed by atoms with E-state index in [1.165, 1.54) is 11.3 Å². The van der Waals surface area contributed by atoms with Gasteiger partial charge in [-0.1, -0.05) is 47.2 Å². The lowest BCUT2D eigenvalue weighted by atomic mass is 10.1. The first kappa shape index (κ1) is 18.3. The highest BCUT2D eigenvalue weighted by atomic mass is 32.1. The van der Waals surface area contributed by atoms with Crippen LogP contribution in [0.4, 0.5) is 10.8 Å². The third kappa shape index (κ3) is 3.66. The summed E-state index contributed by atoms with van der Waals surface area (Å²) in [6.45, 7) is 4.51. The predicted molar refractivity (Wildman–Crippen MR) is 110 cm³/mol. The first-order valence-electron chi connectivity index (χ1n) is 9.08. The molecule has 1 N–H and O–H groups in total. The van der Waals surface area contributed by atoms with Crippen molar-refractivity contribution >= 4 is 34.0 Å². The molecule has 1 saturated heterocycles. The van der Waals surface area contributed by atoms with Gasteiger partial charge in [-0.15, -0.1) is 10.2 Å². The molecule has 6 nitrogen and oxygen atoms in total. The van der Waals surface area contributed by atoms with Gasteiger partial charge < -0.3 is 4.90 Å². The highest BCUT2D eigenvalue weighted by molar-refractivity contribution is 7.15. The minimum absolute atomic E-state index is 0.0192. The number of hydrogen-bond acceptors (Lipinski definition) is 5. The Bertz CT molecular complexity index is 1050. The van der Waals surface area contributed by atoms with E-state index in [4.69, 9.17) is 0 Å². The number of aryl methyl sites for hydroxylation is 2. The summed E-state index contributed by atoms with van der Waals surface area (Å²) in [7, 11) is 0. The van der Waals surface area contributed by atoms with Gasteiger partial charge in [0.2, 0.25) is 11.0 Å². The second-order valence-corrected chi connectivity index (χ2v) is 7.97. The Kier molecular flexibility index (Phi) is 4.92. The van der Waals surface area contributed by atoms with Crippen molar-refractivity contribution in [1.29, 1.82) is 0 Å². The molecular formula is C21H20N4O2S. The van der Waals surface area contributed by atoms with E-state index in [1.807, 2.05) is 61.2 Å². The third-order valence-electron chi connectivity index (χ3n) is 4.82. The first-order valence-corrected chi connectivity index (χ1v) is 9.90. The molecule has 142 valence electrons. The average molecular weight is 392 g/mol. The number of anilines is 2. The number of carbonyl (C=O) groups excluding carboxylic acids is 2. The number of amides is 2. The maximum atomic E-state index is 12.5. The zero-order valence-electron chi connectivity index (χ0n) is 15.7. The summed E-state index contributed by atoms with van der Waals surface area (Å²) in [5.41, 5.74) is 3.61. The molecule has 1 aliphatic rings. The summed E-state index contributed by atoms with van der Waals surface area (Å²) < 4.78 is 0. The summed E-state index contributed by atoms with van der Waals surface area (Å²) in [4.78, 5) is 26.7. The zero-order valence-corrected chi connectivity index (χ0v) is 16.5. The van der Waals surface area contributed by atoms with Crippen molar-refractivity contribution in [2.45, 2.75) is 26.2 Å². The van der Waals surface area contributed by atoms with Gasteiger partial charge in [0, 0.05) is 30.1 Å². The SMILES string of the molecule is Cc1cccc(C(=O)Nc2nnc([C@@H]3CC(=O)N(c4ccccc4C)C3)s2)c1. The van der Waals surface area contributed by atoms with Gasteiger partial charge in [0.1, 0.15) is 5.01 Å². The van der Waals surface area contributed by atoms with Crippen LogP contribution in [0.2, 0.25) is 0 Å². The number of nitrogens with one attached hydrogen (secondary N) is 1. The molecule has 1 aliphatic heterocycles. The summed E-state index contributed by atoms with van der Waals surface area (Å²) >= 11 is 1.33. The van der Waals surface area contributed by atoms with Crippen LogP contribution in [0.15, 0.2) is 48.5 Å². The van der Waals surface area contributed by atoms with Gasteiger partial charge in [0.05, 0.1) is 0 Å². The lowest BCUT2D eigenvalue weighted by Gasteiger charge is -2.18. The van der Waals surface area contributed by atoms with Crippen molar-refractivity contribution in [3.63, 3.8) is 0 Å². The number of aromatic nitrogens is 2. The van der Waals surface area contributed by atoms with E-state index in [1.54, 1.807) is 6.07 Å². The van der Waals surface area contributed by atoms with Gasteiger partial charge in [-0.05, 0) is 37.6 Å². The number of nitrogens with zero attached hydrogens (tertiary/aromatic N) is 3. The second kappa shape index (κ2) is 7.52. The molecule has 0 spiro atoms. The van der Waals surface area contributed by atoms with Gasteiger partial charge >= 0.3 is 0 Å². The van der Waals surface area contributed by atoms with Crippen LogP contribution in [-0.4, -0.2) is 28.6 Å². The molecule has 28 heavy (non-hydrogen) atoms. The molecule has 7 heteroatoms. The summed E-state index contributed by atoms with van der Waals surface area (Å²) in [6.07, 6.45) is 0.398. The molecule has 0 bridgehead atoms. The van der Waals surface area contributed by atoms with Gasteiger partial charge in [-0.2, -0.15) is 0 Å². The molecule has 4 rings (SSSR count). The van der Waals surface area contributed by atoms with Crippen molar-refractivity contribution in [2.24, 2.45) is 0 Å². The highest BCUT2D eigenvalue weighted by Gasteiger charge is 2.34. The fourth-order valence-corrected chi connectivity index (χ4v) is 4.21. The molecular weight excluding hydrogens is 372 g/mol. The van der Waals surface area contributed by atoms with E-state index in [9.17, 15) is 9.59 Å². The van der Waals surface area contributed by atoms with E-state index < -0.39 is 0 Å². The van der Waals surface area contributed by atoms with Crippen LogP contribution in [0.3, 0.4) is 0 Å². The van der Waals surface area contributed by atoms with Gasteiger partial charge in [0.15, 0.2) is 0 Å². The normalized spacial score (nSPS) is 16.4. The molecule has 0 aliphatic carbocycles. The maximum Gasteiger partial charge on any atom is 0.257 e. The quantitative estimate of drug-likeness (QED) is 0.730. The molecule has 0 saturated carbocycles. The third-order valence-corrected chi connectivity index (χ3v) is 5.82. The van der Waals surface area contributed by atoms with Crippen molar-refractivity contribution in [1.82, 2.24) is 10.2 Å². The molecule has 2 amide bonds. The minimum atomic E-state index is -0.213. The topological polar surface area (TPSA) is 75.2 Å². The fourth-order valence-electron chi connectivity index (χ4n) is 3.38. The van der Waals surface area contributed by atoms with Crippen molar-refractivity contribution in [3.05, 3.63) is 70.2 Å². The number of carbonyl (C=O) groups is 2. The van der Waals surface area contributed by atoms with Crippen molar-refractivity contribution in [2.75, 3.05) is 16.8 Å². The van der Waals surface area contributed by atoms with Crippen LogP contribution in [0.1, 0.15) is 38.8 Å². The largest absolute Gasteiger partial charge is 0.311 e. The Morgan fingerprint density at radius 2 is 1.96 bits per heavy atom. The summed E-state index contributed by atoms with van der Waals surface area (Å²) in [6, 6.07) is 15.2. The number of para-hydroxylation sites is 1. The molecule has 0 unspecified atom stereocenters. The summed E-state index contributed by atoms with van der Waals surface area (Å²) in [5.74, 6) is -0.149. The highest BCUT2D eigenvalue weighted by Crippen LogP contribution is 2.35. The van der Waals surface area contributed by atoms with E-state index >= 15 is 0 Å². The lowest BCUT2D eigenvalue weighted by Crippen LogP contribution is -2.25. The molecule has 0 radical (unpaired) electrons. The molecule has 1 fully saturated rings. The van der Waals surface area contributed by atoms with Gasteiger partial charge in [-0.25, -0.2) is 0 Å². The Morgan fingerprint density at radius 1 is 1.14 bits per heavy atom. The number of benzene rings is 2. The lowest BCUT2D eigenvalue weighted by molar-refractivity contribution is -0.117. The van der Waals surface area contributed by atoms with Crippen LogP contribution in [0.5, 0.6) is 0 Å². The van der Waals surface area contributed by atoms with E-state index in [0.717, 1.165) is 21.8 Å². The average Bonchev–Trinajstić information content (AvgIpc) is 3.29. The molecule has 2 aromatic carbocycles. The van der Waals surface area contributed by atoms with Gasteiger partial charge in [-0.3, -0.25) is 14.9 Å². The first-order chi connectivity index (χ1) is 13.5. The molecule has 2 heterocycles. The zero-order chi connectivity index (χ0) is 19.7. The molecule has 1 atom stereocenters. The van der Waals surface area contributed by atoms with E-state index in [0.29, 0.717) is 23.7 Å². The summed E-state index contributed by atoms with van der Waals surface area (Å²) in [5, 5.41) is 12.3. The Balaban J connectivity index is 1.47. The van der Waals surface area contributed by atoms with Crippen LogP contribution in [0.25, 0.3) is 0 Å². The molecule has 3 aromatic rings. The Hall–Kier alpha value is -3.06. The van der Waals surface area contributed by atoms with E-state index in [-0.39, 0.29) is 17.7 Å². The second-order valence-electron chi connectivity index (χ2n) is 6.96. The smallest absolute Gasteiger partial charge is 0.257 e. The van der Waals surface area contributed by atoms with Crippen LogP contribution >= 0.6 is 11.3 Å². The maximum absolute atomic E-state index is 12.5. The van der Waals surface area contributed by atoms with E-state index in [2.05, 4.69) is 15.5 Å². The number of hydrogen-bond donors (Lipinski definition) is 1. The predicted octanol–water partition coefficient (Wildman–Crippen LogP) is 3.93. The monoisotopic (exact) mass is 392 g/mol. The van der Waals surface area contributed by atoms with Crippen molar-refractivity contribution in [3.8, 4) is 0 Å². The molecule has 1 aromatic heterocycles. The fraction of sp³-hybridized carbons (Fsp3) is 0.238.